The summed E-state index contributed by atoms with van der Waals surface area (Å²) in [5.74, 6) is 0.277. The molecule has 33 heavy (non-hydrogen) atoms. The molecule has 4 rings (SSSR count). The first-order valence-corrected chi connectivity index (χ1v) is 11.2. The topological polar surface area (TPSA) is 58.6 Å². The van der Waals surface area contributed by atoms with Gasteiger partial charge >= 0.3 is 0 Å². The van der Waals surface area contributed by atoms with Crippen LogP contribution in [0, 0.1) is 5.82 Å². The van der Waals surface area contributed by atoms with Crippen LogP contribution in [0.5, 0.6) is 11.5 Å². The van der Waals surface area contributed by atoms with Crippen LogP contribution in [0.15, 0.2) is 66.7 Å². The molecule has 0 saturated carbocycles. The molecule has 0 aliphatic carbocycles. The fourth-order valence-electron chi connectivity index (χ4n) is 3.76. The van der Waals surface area contributed by atoms with Crippen molar-refractivity contribution in [2.24, 2.45) is 0 Å². The average molecular weight is 487 g/mol. The number of nitrogens with zero attached hydrogens (tertiary/aromatic N) is 1. The third kappa shape index (κ3) is 5.64. The van der Waals surface area contributed by atoms with Gasteiger partial charge in [-0.15, -0.1) is 0 Å². The number of hydrogen-bond donors (Lipinski definition) is 1. The van der Waals surface area contributed by atoms with E-state index in [-0.39, 0.29) is 24.1 Å². The minimum absolute atomic E-state index is 0.0394. The molecule has 0 unspecified atom stereocenters. The number of amides is 2. The van der Waals surface area contributed by atoms with E-state index in [1.807, 2.05) is 0 Å². The van der Waals surface area contributed by atoms with E-state index in [1.54, 1.807) is 47.4 Å². The zero-order valence-electron chi connectivity index (χ0n) is 17.6. The SMILES string of the molecule is O=C(Nc1ccc(Oc2ccc(F)cc2)cc1)[C@@H]1CCCN1C(=O)Cc1c(Cl)cccc1Cl. The first-order chi connectivity index (χ1) is 15.9. The second kappa shape index (κ2) is 10.2. The summed E-state index contributed by atoms with van der Waals surface area (Å²) in [6.45, 7) is 0.503. The van der Waals surface area contributed by atoms with E-state index in [9.17, 15) is 14.0 Å². The Morgan fingerprint density at radius 3 is 2.21 bits per heavy atom. The van der Waals surface area contributed by atoms with Crippen molar-refractivity contribution in [1.82, 2.24) is 4.90 Å². The van der Waals surface area contributed by atoms with E-state index in [0.717, 1.165) is 6.42 Å². The average Bonchev–Trinajstić information content (AvgIpc) is 3.29. The molecule has 5 nitrogen and oxygen atoms in total. The molecule has 1 aliphatic rings. The number of anilines is 1. The number of rotatable bonds is 6. The van der Waals surface area contributed by atoms with Crippen LogP contribution in [0.4, 0.5) is 10.1 Å². The molecule has 8 heteroatoms. The van der Waals surface area contributed by atoms with E-state index >= 15 is 0 Å². The van der Waals surface area contributed by atoms with Crippen LogP contribution in [0.1, 0.15) is 18.4 Å². The predicted molar refractivity (Wildman–Crippen MR) is 126 cm³/mol. The molecule has 170 valence electrons. The molecule has 0 aromatic heterocycles. The molecular weight excluding hydrogens is 466 g/mol. The zero-order valence-corrected chi connectivity index (χ0v) is 19.1. The zero-order chi connectivity index (χ0) is 23.4. The predicted octanol–water partition coefficient (Wildman–Crippen LogP) is 6.10. The fourth-order valence-corrected chi connectivity index (χ4v) is 4.29. The maximum Gasteiger partial charge on any atom is 0.247 e. The van der Waals surface area contributed by atoms with Gasteiger partial charge in [0.1, 0.15) is 23.4 Å². The lowest BCUT2D eigenvalue weighted by atomic mass is 10.1. The Morgan fingerprint density at radius 1 is 0.970 bits per heavy atom. The Labute approximate surface area is 201 Å². The van der Waals surface area contributed by atoms with Crippen LogP contribution in [0.3, 0.4) is 0 Å². The van der Waals surface area contributed by atoms with Crippen LogP contribution >= 0.6 is 23.2 Å². The standard InChI is InChI=1S/C25H21Cl2FN2O3/c26-21-3-1-4-22(27)20(21)15-24(31)30-14-2-5-23(30)25(32)29-17-8-12-19(13-9-17)33-18-10-6-16(28)7-11-18/h1,3-4,6-13,23H,2,5,14-15H2,(H,29,32)/t23-/m0/s1. The Balaban J connectivity index is 1.38. The lowest BCUT2D eigenvalue weighted by Crippen LogP contribution is -2.43. The first-order valence-electron chi connectivity index (χ1n) is 10.5. The van der Waals surface area contributed by atoms with Gasteiger partial charge in [0.15, 0.2) is 0 Å². The van der Waals surface area contributed by atoms with Crippen molar-refractivity contribution in [2.45, 2.75) is 25.3 Å². The molecule has 1 N–H and O–H groups in total. The van der Waals surface area contributed by atoms with E-state index in [0.29, 0.717) is 45.8 Å². The highest BCUT2D eigenvalue weighted by atomic mass is 35.5. The molecule has 0 radical (unpaired) electrons. The van der Waals surface area contributed by atoms with Gasteiger partial charge in [0.2, 0.25) is 11.8 Å². The third-order valence-electron chi connectivity index (χ3n) is 5.44. The minimum atomic E-state index is -0.561. The molecule has 1 fully saturated rings. The summed E-state index contributed by atoms with van der Waals surface area (Å²) in [5.41, 5.74) is 1.15. The van der Waals surface area contributed by atoms with Crippen molar-refractivity contribution >= 4 is 40.7 Å². The highest BCUT2D eigenvalue weighted by Crippen LogP contribution is 2.28. The van der Waals surface area contributed by atoms with Crippen LogP contribution in [-0.4, -0.2) is 29.3 Å². The summed E-state index contributed by atoms with van der Waals surface area (Å²) in [6, 6.07) is 17.1. The Hall–Kier alpha value is -3.09. The van der Waals surface area contributed by atoms with Crippen molar-refractivity contribution < 1.29 is 18.7 Å². The van der Waals surface area contributed by atoms with Gasteiger partial charge in [-0.1, -0.05) is 29.3 Å². The van der Waals surface area contributed by atoms with E-state index < -0.39 is 6.04 Å². The van der Waals surface area contributed by atoms with Crippen molar-refractivity contribution in [3.05, 3.63) is 88.2 Å². The van der Waals surface area contributed by atoms with Gasteiger partial charge in [-0.25, -0.2) is 4.39 Å². The molecule has 1 atom stereocenters. The summed E-state index contributed by atoms with van der Waals surface area (Å²) in [7, 11) is 0. The van der Waals surface area contributed by atoms with Gasteiger partial charge in [0.05, 0.1) is 6.42 Å². The first kappa shape index (κ1) is 23.1. The number of carbonyl (C=O) groups is 2. The summed E-state index contributed by atoms with van der Waals surface area (Å²) in [6.07, 6.45) is 1.36. The number of carbonyl (C=O) groups excluding carboxylic acids is 2. The molecule has 3 aromatic rings. The lowest BCUT2D eigenvalue weighted by Gasteiger charge is -2.24. The van der Waals surface area contributed by atoms with E-state index in [4.69, 9.17) is 27.9 Å². The number of benzene rings is 3. The van der Waals surface area contributed by atoms with Gasteiger partial charge in [-0.2, -0.15) is 0 Å². The number of hydrogen-bond acceptors (Lipinski definition) is 3. The largest absolute Gasteiger partial charge is 0.457 e. The molecule has 3 aromatic carbocycles. The number of halogens is 3. The monoisotopic (exact) mass is 486 g/mol. The smallest absolute Gasteiger partial charge is 0.247 e. The Bertz CT molecular complexity index is 1130. The second-order valence-corrected chi connectivity index (χ2v) is 8.51. The van der Waals surface area contributed by atoms with Crippen molar-refractivity contribution in [2.75, 3.05) is 11.9 Å². The molecule has 1 saturated heterocycles. The summed E-state index contributed by atoms with van der Waals surface area (Å²) < 4.78 is 18.7. The van der Waals surface area contributed by atoms with Crippen LogP contribution < -0.4 is 10.1 Å². The maximum absolute atomic E-state index is 13.0. The quantitative estimate of drug-likeness (QED) is 0.458. The van der Waals surface area contributed by atoms with Gasteiger partial charge in [-0.3, -0.25) is 9.59 Å². The lowest BCUT2D eigenvalue weighted by molar-refractivity contribution is -0.136. The molecule has 2 amide bonds. The summed E-state index contributed by atoms with van der Waals surface area (Å²) in [4.78, 5) is 27.4. The van der Waals surface area contributed by atoms with Crippen molar-refractivity contribution in [1.29, 1.82) is 0 Å². The minimum Gasteiger partial charge on any atom is -0.457 e. The van der Waals surface area contributed by atoms with Gasteiger partial charge in [0.25, 0.3) is 0 Å². The molecule has 1 heterocycles. The molecule has 1 aliphatic heterocycles. The highest BCUT2D eigenvalue weighted by Gasteiger charge is 2.34. The fraction of sp³-hybridized carbons (Fsp3) is 0.200. The summed E-state index contributed by atoms with van der Waals surface area (Å²) >= 11 is 12.4. The van der Waals surface area contributed by atoms with Gasteiger partial charge in [-0.05, 0) is 79.1 Å². The van der Waals surface area contributed by atoms with Crippen molar-refractivity contribution in [3.8, 4) is 11.5 Å². The summed E-state index contributed by atoms with van der Waals surface area (Å²) in [5, 5.41) is 3.72. The third-order valence-corrected chi connectivity index (χ3v) is 6.14. The number of nitrogens with one attached hydrogen (secondary N) is 1. The molecule has 0 spiro atoms. The van der Waals surface area contributed by atoms with Gasteiger partial charge < -0.3 is 15.0 Å². The normalized spacial score (nSPS) is 15.4. The van der Waals surface area contributed by atoms with Crippen LogP contribution in [0.25, 0.3) is 0 Å². The highest BCUT2D eigenvalue weighted by molar-refractivity contribution is 6.36. The van der Waals surface area contributed by atoms with E-state index in [2.05, 4.69) is 5.32 Å². The molecule has 0 bridgehead atoms. The maximum atomic E-state index is 13.0. The van der Waals surface area contributed by atoms with Crippen LogP contribution in [0.2, 0.25) is 10.0 Å². The molecular formula is C25H21Cl2FN2O3. The Kier molecular flexibility index (Phi) is 7.16. The van der Waals surface area contributed by atoms with Crippen LogP contribution in [-0.2, 0) is 16.0 Å². The number of likely N-dealkylation sites (tertiary alicyclic amines) is 1. The van der Waals surface area contributed by atoms with E-state index in [1.165, 1.54) is 24.3 Å². The Morgan fingerprint density at radius 2 is 1.58 bits per heavy atom. The van der Waals surface area contributed by atoms with Crippen molar-refractivity contribution in [3.63, 3.8) is 0 Å². The second-order valence-electron chi connectivity index (χ2n) is 7.69. The van der Waals surface area contributed by atoms with Gasteiger partial charge in [0, 0.05) is 22.3 Å². The number of ether oxygens (including phenoxy) is 1.